The predicted octanol–water partition coefficient (Wildman–Crippen LogP) is 11.5. The Kier molecular flexibility index (Phi) is 7.28. The maximum Gasteiger partial charge on any atom is 0.0438 e. The van der Waals surface area contributed by atoms with E-state index in [1.807, 2.05) is 0 Å². The second-order valence-corrected chi connectivity index (χ2v) is 15.5. The van der Waals surface area contributed by atoms with Crippen LogP contribution in [0, 0.1) is 29.6 Å². The van der Waals surface area contributed by atoms with Crippen LogP contribution in [0.4, 0.5) is 0 Å². The van der Waals surface area contributed by atoms with Crippen LogP contribution in [0.15, 0.2) is 205 Å². The first-order valence-corrected chi connectivity index (χ1v) is 20.1. The Balaban J connectivity index is 1.14. The lowest BCUT2D eigenvalue weighted by atomic mass is 9.83. The lowest BCUT2D eigenvalue weighted by Gasteiger charge is -2.19. The molecule has 0 bridgehead atoms. The fourth-order valence-electron chi connectivity index (χ4n) is 10.3. The van der Waals surface area contributed by atoms with Gasteiger partial charge in [0.05, 0.1) is 0 Å². The molecule has 0 spiro atoms. The molecule has 0 fully saturated rings. The van der Waals surface area contributed by atoms with Gasteiger partial charge in [0.1, 0.15) is 0 Å². The molecule has 1 unspecified atom stereocenters. The van der Waals surface area contributed by atoms with Crippen LogP contribution in [-0.4, -0.2) is 0 Å². The number of hydrogen-bond acceptors (Lipinski definition) is 0. The van der Waals surface area contributed by atoms with Gasteiger partial charge < -0.3 is 0 Å². The topological polar surface area (TPSA) is 0 Å². The molecule has 12 rings (SSSR count). The molecule has 0 amide bonds. The molecule has 0 heterocycles. The van der Waals surface area contributed by atoms with Gasteiger partial charge in [-0.15, -0.1) is 0 Å². The standard InChI is InChI=1S/C58H34/c1-9-27-45-37(19-1)38-20-2-10-28-46(38)55(45)53(56-47-29-11-3-21-39(47)40-22-4-12-30-48(40)56)35-17-18-36-54(57-49-31-13-5-23-41(49)42-24-6-14-32-50(42)57)58-51-33-15-7-25-43(51)44-26-8-16-34-52(44)58/h1-16,19-34,45,57H. The average molecular weight is 731 g/mol. The van der Waals surface area contributed by atoms with E-state index >= 15 is 0 Å². The Morgan fingerprint density at radius 3 is 1.36 bits per heavy atom. The van der Waals surface area contributed by atoms with Crippen molar-refractivity contribution in [2.45, 2.75) is 5.92 Å². The molecule has 0 aliphatic heterocycles. The maximum absolute atomic E-state index is 3.81. The molecule has 0 saturated heterocycles. The average Bonchev–Trinajstić information content (AvgIpc) is 4.01. The summed E-state index contributed by atoms with van der Waals surface area (Å²) in [5.74, 6) is 14.7. The van der Waals surface area contributed by atoms with E-state index in [0.29, 0.717) is 0 Å². The van der Waals surface area contributed by atoms with Crippen LogP contribution in [0.2, 0.25) is 0 Å². The SMILES string of the molecule is C(C#CC(=C1c2ccccc2-c2ccccc21)C1c2ccccc2-c2ccccc21)#CC(=C1c2ccccc2-c2ccccc21)C1=c2ccccc2=C2C=CC=CC21. The van der Waals surface area contributed by atoms with Gasteiger partial charge >= 0.3 is 0 Å². The maximum atomic E-state index is 3.81. The summed E-state index contributed by atoms with van der Waals surface area (Å²) < 4.78 is 0. The van der Waals surface area contributed by atoms with Gasteiger partial charge in [-0.25, -0.2) is 0 Å². The summed E-state index contributed by atoms with van der Waals surface area (Å²) >= 11 is 0. The zero-order chi connectivity index (χ0) is 38.2. The first-order valence-electron chi connectivity index (χ1n) is 20.1. The van der Waals surface area contributed by atoms with Gasteiger partial charge in [-0.05, 0) is 100 Å². The van der Waals surface area contributed by atoms with Gasteiger partial charge in [0.2, 0.25) is 0 Å². The fourth-order valence-corrected chi connectivity index (χ4v) is 10.3. The molecule has 266 valence electrons. The third-order valence-corrected chi connectivity index (χ3v) is 12.6. The number of fused-ring (bicyclic) bond motifs is 11. The molecule has 5 aliphatic carbocycles. The quantitative estimate of drug-likeness (QED) is 0.155. The number of benzene rings is 7. The predicted molar refractivity (Wildman–Crippen MR) is 239 cm³/mol. The van der Waals surface area contributed by atoms with Crippen molar-refractivity contribution in [3.63, 3.8) is 0 Å². The highest BCUT2D eigenvalue weighted by Gasteiger charge is 2.36. The molecule has 0 N–H and O–H groups in total. The molecule has 7 aromatic carbocycles. The molecule has 58 heavy (non-hydrogen) atoms. The summed E-state index contributed by atoms with van der Waals surface area (Å²) in [6.07, 6.45) is 8.94. The molecular weight excluding hydrogens is 697 g/mol. The molecule has 5 aliphatic rings. The van der Waals surface area contributed by atoms with Crippen LogP contribution < -0.4 is 10.4 Å². The van der Waals surface area contributed by atoms with Crippen LogP contribution in [0.25, 0.3) is 55.7 Å². The van der Waals surface area contributed by atoms with Crippen molar-refractivity contribution >= 4 is 22.3 Å². The summed E-state index contributed by atoms with van der Waals surface area (Å²) in [6.45, 7) is 0. The van der Waals surface area contributed by atoms with Crippen molar-refractivity contribution in [2.24, 2.45) is 5.92 Å². The second kappa shape index (κ2) is 13.0. The van der Waals surface area contributed by atoms with Gasteiger partial charge in [-0.1, -0.05) is 206 Å². The van der Waals surface area contributed by atoms with Gasteiger partial charge in [0.15, 0.2) is 0 Å². The number of rotatable bonds is 2. The Morgan fingerprint density at radius 1 is 0.379 bits per heavy atom. The minimum atomic E-state index is -0.0327. The molecule has 0 nitrogen and oxygen atoms in total. The summed E-state index contributed by atoms with van der Waals surface area (Å²) in [5.41, 5.74) is 22.1. The molecule has 0 saturated carbocycles. The Morgan fingerprint density at radius 2 is 0.810 bits per heavy atom. The van der Waals surface area contributed by atoms with Crippen molar-refractivity contribution < 1.29 is 0 Å². The van der Waals surface area contributed by atoms with E-state index in [9.17, 15) is 0 Å². The Labute approximate surface area is 338 Å². The van der Waals surface area contributed by atoms with E-state index in [2.05, 4.69) is 218 Å². The monoisotopic (exact) mass is 730 g/mol. The molecule has 1 atom stereocenters. The summed E-state index contributed by atoms with van der Waals surface area (Å²) in [4.78, 5) is 0. The zero-order valence-electron chi connectivity index (χ0n) is 31.6. The normalized spacial score (nSPS) is 15.5. The van der Waals surface area contributed by atoms with E-state index in [4.69, 9.17) is 0 Å². The molecular formula is C58H34. The van der Waals surface area contributed by atoms with Gasteiger partial charge in [-0.3, -0.25) is 0 Å². The van der Waals surface area contributed by atoms with Crippen LogP contribution >= 0.6 is 0 Å². The van der Waals surface area contributed by atoms with Crippen molar-refractivity contribution in [3.05, 3.63) is 249 Å². The minimum absolute atomic E-state index is 0.0327. The van der Waals surface area contributed by atoms with E-state index in [0.717, 1.165) is 11.1 Å². The lowest BCUT2D eigenvalue weighted by molar-refractivity contribution is 1.03. The molecule has 0 aromatic heterocycles. The van der Waals surface area contributed by atoms with Crippen LogP contribution in [0.5, 0.6) is 0 Å². The molecule has 0 radical (unpaired) electrons. The fraction of sp³-hybridized carbons (Fsp3) is 0.0345. The molecule has 7 aromatic rings. The first-order chi connectivity index (χ1) is 28.8. The van der Waals surface area contributed by atoms with Crippen LogP contribution in [-0.2, 0) is 0 Å². The summed E-state index contributed by atoms with van der Waals surface area (Å²) in [6, 6.07) is 61.7. The summed E-state index contributed by atoms with van der Waals surface area (Å²) in [7, 11) is 0. The van der Waals surface area contributed by atoms with Crippen LogP contribution in [0.1, 0.15) is 39.3 Å². The zero-order valence-corrected chi connectivity index (χ0v) is 31.6. The highest BCUT2D eigenvalue weighted by molar-refractivity contribution is 6.09. The number of allylic oxidation sites excluding steroid dienone is 6. The van der Waals surface area contributed by atoms with Crippen molar-refractivity contribution in [1.29, 1.82) is 0 Å². The van der Waals surface area contributed by atoms with Crippen molar-refractivity contribution in [3.8, 4) is 57.1 Å². The molecule has 0 heteroatoms. The largest absolute Gasteiger partial charge is 0.0726 e. The third-order valence-electron chi connectivity index (χ3n) is 12.6. The van der Waals surface area contributed by atoms with Crippen molar-refractivity contribution in [2.75, 3.05) is 0 Å². The Bertz CT molecular complexity index is 3210. The number of hydrogen-bond donors (Lipinski definition) is 0. The highest BCUT2D eigenvalue weighted by Crippen LogP contribution is 2.54. The Hall–Kier alpha value is -7.64. The van der Waals surface area contributed by atoms with Gasteiger partial charge in [0, 0.05) is 34.1 Å². The van der Waals surface area contributed by atoms with Crippen molar-refractivity contribution in [1.82, 2.24) is 0 Å². The first kappa shape index (κ1) is 32.6. The lowest BCUT2D eigenvalue weighted by Crippen LogP contribution is -2.23. The smallest absolute Gasteiger partial charge is 0.0438 e. The van der Waals surface area contributed by atoms with E-state index in [-0.39, 0.29) is 11.8 Å². The van der Waals surface area contributed by atoms with Crippen LogP contribution in [0.3, 0.4) is 0 Å². The summed E-state index contributed by atoms with van der Waals surface area (Å²) in [5, 5.41) is 2.52. The second-order valence-electron chi connectivity index (χ2n) is 15.5. The van der Waals surface area contributed by atoms with Gasteiger partial charge in [0.25, 0.3) is 0 Å². The third kappa shape index (κ3) is 4.73. The highest BCUT2D eigenvalue weighted by atomic mass is 14.4. The van der Waals surface area contributed by atoms with E-state index < -0.39 is 0 Å². The minimum Gasteiger partial charge on any atom is -0.0726 e. The van der Waals surface area contributed by atoms with E-state index in [1.54, 1.807) is 0 Å². The van der Waals surface area contributed by atoms with E-state index in [1.165, 1.54) is 99.5 Å². The van der Waals surface area contributed by atoms with Gasteiger partial charge in [-0.2, -0.15) is 0 Å².